The first-order chi connectivity index (χ1) is 15.9. The lowest BCUT2D eigenvalue weighted by Gasteiger charge is -2.28. The van der Waals surface area contributed by atoms with Gasteiger partial charge in [-0.1, -0.05) is 0 Å². The molecule has 9 nitrogen and oxygen atoms in total. The van der Waals surface area contributed by atoms with E-state index in [2.05, 4.69) is 30.4 Å². The predicted molar refractivity (Wildman–Crippen MR) is 116 cm³/mol. The third-order valence-electron chi connectivity index (χ3n) is 5.49. The highest BCUT2D eigenvalue weighted by atomic mass is 19.1. The van der Waals surface area contributed by atoms with E-state index >= 15 is 0 Å². The summed E-state index contributed by atoms with van der Waals surface area (Å²) >= 11 is 0. The average molecular weight is 460 g/mol. The van der Waals surface area contributed by atoms with Crippen molar-refractivity contribution < 1.29 is 23.4 Å². The molecule has 3 heterocycles. The zero-order valence-electron chi connectivity index (χ0n) is 18.4. The summed E-state index contributed by atoms with van der Waals surface area (Å²) in [5, 5.41) is 19.8. The Hall–Kier alpha value is -3.31. The first-order valence-corrected chi connectivity index (χ1v) is 10.6. The van der Waals surface area contributed by atoms with Crippen molar-refractivity contribution in [1.82, 2.24) is 25.1 Å². The Morgan fingerprint density at radius 1 is 1.18 bits per heavy atom. The van der Waals surface area contributed by atoms with Crippen molar-refractivity contribution in [2.45, 2.75) is 39.0 Å². The van der Waals surface area contributed by atoms with E-state index < -0.39 is 11.6 Å². The molecule has 1 saturated heterocycles. The fourth-order valence-electron chi connectivity index (χ4n) is 3.63. The summed E-state index contributed by atoms with van der Waals surface area (Å²) in [5.41, 5.74) is 0.978. The Balaban J connectivity index is 1.33. The molecule has 3 aromatic rings. The van der Waals surface area contributed by atoms with Crippen LogP contribution < -0.4 is 14.8 Å². The van der Waals surface area contributed by atoms with Crippen molar-refractivity contribution in [3.8, 4) is 11.5 Å². The van der Waals surface area contributed by atoms with Gasteiger partial charge in [-0.2, -0.15) is 5.10 Å². The number of hydrogen-bond acceptors (Lipinski definition) is 8. The second kappa shape index (κ2) is 10.1. The topological polar surface area (TPSA) is 108 Å². The van der Waals surface area contributed by atoms with Gasteiger partial charge in [0.15, 0.2) is 23.1 Å². The number of halogens is 2. The van der Waals surface area contributed by atoms with Gasteiger partial charge in [-0.15, -0.1) is 0 Å². The van der Waals surface area contributed by atoms with Crippen molar-refractivity contribution >= 4 is 11.8 Å². The van der Waals surface area contributed by atoms with Crippen LogP contribution in [0.15, 0.2) is 24.5 Å². The van der Waals surface area contributed by atoms with E-state index in [1.807, 2.05) is 6.07 Å². The van der Waals surface area contributed by atoms with E-state index in [0.29, 0.717) is 18.3 Å². The van der Waals surface area contributed by atoms with Crippen LogP contribution >= 0.6 is 0 Å². The molecule has 0 amide bonds. The van der Waals surface area contributed by atoms with Crippen LogP contribution in [0.2, 0.25) is 0 Å². The number of ether oxygens (including phenoxy) is 2. The number of nitrogens with one attached hydrogen (secondary N) is 2. The van der Waals surface area contributed by atoms with Gasteiger partial charge < -0.3 is 19.9 Å². The number of aliphatic hydroxyl groups excluding tert-OH is 1. The van der Waals surface area contributed by atoms with E-state index in [1.165, 1.54) is 32.5 Å². The fourth-order valence-corrected chi connectivity index (χ4v) is 3.63. The quantitative estimate of drug-likeness (QED) is 0.471. The Bertz CT molecular complexity index is 1080. The van der Waals surface area contributed by atoms with Gasteiger partial charge in [0.05, 0.1) is 36.9 Å². The molecule has 1 aliphatic rings. The molecular weight excluding hydrogens is 434 g/mol. The molecular formula is C22H26F2N6O3. The van der Waals surface area contributed by atoms with Gasteiger partial charge in [0.1, 0.15) is 12.4 Å². The van der Waals surface area contributed by atoms with E-state index in [0.717, 1.165) is 31.6 Å². The highest BCUT2D eigenvalue weighted by molar-refractivity contribution is 5.48. The molecule has 0 unspecified atom stereocenters. The molecule has 0 bridgehead atoms. The van der Waals surface area contributed by atoms with Crippen LogP contribution in [0.25, 0.3) is 0 Å². The number of aliphatic hydroxyl groups is 1. The Labute approximate surface area is 189 Å². The van der Waals surface area contributed by atoms with Crippen molar-refractivity contribution in [2.24, 2.45) is 0 Å². The summed E-state index contributed by atoms with van der Waals surface area (Å²) in [5.74, 6) is -0.394. The Kier molecular flexibility index (Phi) is 6.99. The second-order valence-corrected chi connectivity index (χ2v) is 7.94. The number of aryl methyl sites for hydroxylation is 1. The fraction of sp³-hybridized carbons (Fsp3) is 0.409. The highest BCUT2D eigenvalue weighted by Crippen LogP contribution is 2.27. The molecule has 33 heavy (non-hydrogen) atoms. The molecule has 0 spiro atoms. The highest BCUT2D eigenvalue weighted by Gasteiger charge is 2.19. The third kappa shape index (κ3) is 5.55. The molecule has 0 atom stereocenters. The third-order valence-corrected chi connectivity index (χ3v) is 5.49. The van der Waals surface area contributed by atoms with Gasteiger partial charge in [0.25, 0.3) is 0 Å². The van der Waals surface area contributed by atoms with Crippen LogP contribution in [-0.4, -0.2) is 56.5 Å². The van der Waals surface area contributed by atoms with Gasteiger partial charge in [-0.3, -0.25) is 10.00 Å². The minimum Gasteiger partial charge on any atom is -0.494 e. The van der Waals surface area contributed by atoms with Gasteiger partial charge >= 0.3 is 0 Å². The first-order valence-electron chi connectivity index (χ1n) is 10.6. The smallest absolute Gasteiger partial charge is 0.228 e. The Morgan fingerprint density at radius 3 is 2.61 bits per heavy atom. The van der Waals surface area contributed by atoms with Crippen LogP contribution in [-0.2, 0) is 13.2 Å². The van der Waals surface area contributed by atoms with E-state index in [9.17, 15) is 13.9 Å². The summed E-state index contributed by atoms with van der Waals surface area (Å²) in [6, 6.07) is 3.17. The minimum atomic E-state index is -0.796. The normalized spacial score (nSPS) is 14.9. The SMILES string of the molecule is COc1cc(C)c(F)c(COc2cnc(Nc3cc(CN4CCC(O)CC4)[nH]n3)nc2)c1F. The number of methoxy groups -OCH3 is 1. The number of likely N-dealkylation sites (tertiary alicyclic amines) is 1. The van der Waals surface area contributed by atoms with Gasteiger partial charge in [0, 0.05) is 25.7 Å². The number of rotatable bonds is 8. The molecule has 0 aliphatic carbocycles. The van der Waals surface area contributed by atoms with E-state index in [4.69, 9.17) is 9.47 Å². The molecule has 4 rings (SSSR count). The summed E-state index contributed by atoms with van der Waals surface area (Å²) in [7, 11) is 1.32. The molecule has 1 aromatic carbocycles. The van der Waals surface area contributed by atoms with E-state index in [-0.39, 0.29) is 35.3 Å². The van der Waals surface area contributed by atoms with E-state index in [1.54, 1.807) is 0 Å². The van der Waals surface area contributed by atoms with Crippen LogP contribution in [0.5, 0.6) is 11.5 Å². The number of nitrogens with zero attached hydrogens (tertiary/aromatic N) is 4. The Morgan fingerprint density at radius 2 is 1.91 bits per heavy atom. The summed E-state index contributed by atoms with van der Waals surface area (Å²) < 4.78 is 39.1. The number of anilines is 2. The average Bonchev–Trinajstić information content (AvgIpc) is 3.25. The lowest BCUT2D eigenvalue weighted by molar-refractivity contribution is 0.0786. The zero-order valence-corrected chi connectivity index (χ0v) is 18.4. The maximum Gasteiger partial charge on any atom is 0.228 e. The standard InChI is InChI=1S/C22H26F2N6O3/c1-13-7-18(32-2)21(24)17(20(13)23)12-33-16-9-25-22(26-10-16)27-19-8-14(28-29-19)11-30-5-3-15(31)4-6-30/h7-10,15,31H,3-6,11-12H2,1-2H3,(H2,25,26,27,28,29). The number of aromatic nitrogens is 4. The molecule has 1 aliphatic heterocycles. The van der Waals surface area contributed by atoms with Crippen LogP contribution in [0, 0.1) is 18.6 Å². The van der Waals surface area contributed by atoms with Crippen molar-refractivity contribution in [3.63, 3.8) is 0 Å². The predicted octanol–water partition coefficient (Wildman–Crippen LogP) is 3.07. The summed E-state index contributed by atoms with van der Waals surface area (Å²) in [4.78, 5) is 10.6. The molecule has 11 heteroatoms. The van der Waals surface area contributed by atoms with Crippen LogP contribution in [0.4, 0.5) is 20.5 Å². The number of piperidine rings is 1. The molecule has 0 radical (unpaired) electrons. The summed E-state index contributed by atoms with van der Waals surface area (Å²) in [6.45, 7) is 3.60. The maximum absolute atomic E-state index is 14.4. The lowest BCUT2D eigenvalue weighted by atomic mass is 10.1. The number of aromatic amines is 1. The number of hydrogen-bond donors (Lipinski definition) is 3. The first kappa shape index (κ1) is 22.9. The van der Waals surface area contributed by atoms with Gasteiger partial charge in [-0.25, -0.2) is 18.7 Å². The second-order valence-electron chi connectivity index (χ2n) is 7.94. The molecule has 3 N–H and O–H groups in total. The van der Waals surface area contributed by atoms with Crippen molar-refractivity contribution in [2.75, 3.05) is 25.5 Å². The zero-order chi connectivity index (χ0) is 23.4. The minimum absolute atomic E-state index is 0.0421. The lowest BCUT2D eigenvalue weighted by Crippen LogP contribution is -2.35. The summed E-state index contributed by atoms with van der Waals surface area (Å²) in [6.07, 6.45) is 4.16. The van der Waals surface area contributed by atoms with Crippen LogP contribution in [0.3, 0.4) is 0 Å². The molecule has 0 saturated carbocycles. The number of H-pyrrole nitrogens is 1. The number of benzene rings is 1. The monoisotopic (exact) mass is 460 g/mol. The maximum atomic E-state index is 14.4. The van der Waals surface area contributed by atoms with Crippen molar-refractivity contribution in [1.29, 1.82) is 0 Å². The van der Waals surface area contributed by atoms with Gasteiger partial charge in [0.2, 0.25) is 5.95 Å². The molecule has 176 valence electrons. The van der Waals surface area contributed by atoms with Gasteiger partial charge in [-0.05, 0) is 31.4 Å². The largest absolute Gasteiger partial charge is 0.494 e. The van der Waals surface area contributed by atoms with Crippen molar-refractivity contribution in [3.05, 3.63) is 53.0 Å². The molecule has 2 aromatic heterocycles. The molecule has 1 fully saturated rings. The van der Waals surface area contributed by atoms with Crippen LogP contribution in [0.1, 0.15) is 29.7 Å².